The van der Waals surface area contributed by atoms with Gasteiger partial charge in [-0.3, -0.25) is 5.10 Å². The van der Waals surface area contributed by atoms with Crippen LogP contribution in [0, 0.1) is 5.82 Å². The maximum Gasteiger partial charge on any atom is 0.159 e. The molecule has 24 heavy (non-hydrogen) atoms. The van der Waals surface area contributed by atoms with Crippen LogP contribution >= 0.6 is 0 Å². The van der Waals surface area contributed by atoms with E-state index in [0.717, 1.165) is 22.1 Å². The van der Waals surface area contributed by atoms with Crippen LogP contribution in [0.1, 0.15) is 0 Å². The number of nitrogens with zero attached hydrogens (tertiary/aromatic N) is 4. The summed E-state index contributed by atoms with van der Waals surface area (Å²) in [6, 6.07) is 10.5. The van der Waals surface area contributed by atoms with E-state index in [1.165, 1.54) is 12.1 Å². The van der Waals surface area contributed by atoms with E-state index in [2.05, 4.69) is 25.1 Å². The Balaban J connectivity index is 1.66. The van der Waals surface area contributed by atoms with Crippen molar-refractivity contribution in [1.82, 2.24) is 29.7 Å². The first-order chi connectivity index (χ1) is 11.8. The first-order valence-electron chi connectivity index (χ1n) is 7.40. The molecule has 0 saturated heterocycles. The number of fused-ring (bicyclic) bond motifs is 2. The molecule has 0 spiro atoms. The Kier molecular flexibility index (Phi) is 2.58. The second kappa shape index (κ2) is 4.76. The van der Waals surface area contributed by atoms with Gasteiger partial charge in [0.15, 0.2) is 5.82 Å². The lowest BCUT2D eigenvalue weighted by molar-refractivity contribution is 0.629. The predicted molar refractivity (Wildman–Crippen MR) is 88.3 cm³/mol. The summed E-state index contributed by atoms with van der Waals surface area (Å²) in [4.78, 5) is 11.9. The first kappa shape index (κ1) is 13.0. The fraction of sp³-hybridized carbons (Fsp3) is 0. The molecule has 116 valence electrons. The summed E-state index contributed by atoms with van der Waals surface area (Å²) in [5, 5.41) is 7.94. The Morgan fingerprint density at radius 2 is 2.00 bits per heavy atom. The number of hydrogen-bond acceptors (Lipinski definition) is 3. The predicted octanol–water partition coefficient (Wildman–Crippen LogP) is 3.43. The molecule has 3 heterocycles. The molecule has 2 aromatic carbocycles. The number of rotatable bonds is 2. The molecule has 7 heteroatoms. The number of aromatic amines is 2. The third kappa shape index (κ3) is 1.91. The molecule has 0 aliphatic heterocycles. The van der Waals surface area contributed by atoms with E-state index < -0.39 is 0 Å². The topological polar surface area (TPSA) is 75.2 Å². The van der Waals surface area contributed by atoms with Crippen molar-refractivity contribution in [3.8, 4) is 17.2 Å². The van der Waals surface area contributed by atoms with Crippen molar-refractivity contribution in [2.24, 2.45) is 0 Å². The third-order valence-corrected chi connectivity index (χ3v) is 4.02. The number of hydrogen-bond donors (Lipinski definition) is 2. The van der Waals surface area contributed by atoms with Gasteiger partial charge >= 0.3 is 0 Å². The van der Waals surface area contributed by atoms with Crippen LogP contribution in [0.2, 0.25) is 0 Å². The van der Waals surface area contributed by atoms with E-state index in [9.17, 15) is 4.39 Å². The van der Waals surface area contributed by atoms with Gasteiger partial charge in [-0.1, -0.05) is 0 Å². The molecule has 0 unspecified atom stereocenters. The maximum absolute atomic E-state index is 13.3. The summed E-state index contributed by atoms with van der Waals surface area (Å²) < 4.78 is 15.2. The molecule has 3 aromatic heterocycles. The number of imidazole rings is 2. The molecule has 0 atom stereocenters. The molecule has 0 amide bonds. The van der Waals surface area contributed by atoms with E-state index in [0.29, 0.717) is 17.0 Å². The van der Waals surface area contributed by atoms with Crippen molar-refractivity contribution in [3.05, 3.63) is 60.9 Å². The summed E-state index contributed by atoms with van der Waals surface area (Å²) in [6.07, 6.45) is 5.36. The van der Waals surface area contributed by atoms with Gasteiger partial charge in [-0.25, -0.2) is 14.4 Å². The number of H-pyrrole nitrogens is 2. The molecule has 0 aliphatic carbocycles. The molecular formula is C17H11FN6. The van der Waals surface area contributed by atoms with Crippen LogP contribution in [0.3, 0.4) is 0 Å². The van der Waals surface area contributed by atoms with Gasteiger partial charge in [0, 0.05) is 23.5 Å². The fourth-order valence-corrected chi connectivity index (χ4v) is 2.85. The maximum atomic E-state index is 13.3. The minimum absolute atomic E-state index is 0.299. The highest BCUT2D eigenvalue weighted by atomic mass is 19.1. The normalized spacial score (nSPS) is 11.5. The van der Waals surface area contributed by atoms with Crippen molar-refractivity contribution in [2.45, 2.75) is 0 Å². The highest BCUT2D eigenvalue weighted by Crippen LogP contribution is 2.27. The quantitative estimate of drug-likeness (QED) is 0.523. The molecule has 5 rings (SSSR count). The van der Waals surface area contributed by atoms with Gasteiger partial charge < -0.3 is 9.55 Å². The van der Waals surface area contributed by atoms with Gasteiger partial charge in [-0.15, -0.1) is 0 Å². The highest BCUT2D eigenvalue weighted by molar-refractivity contribution is 5.93. The number of halogens is 1. The van der Waals surface area contributed by atoms with Crippen LogP contribution in [0.25, 0.3) is 39.1 Å². The molecule has 0 bridgehead atoms. The minimum Gasteiger partial charge on any atom is -0.337 e. The van der Waals surface area contributed by atoms with Crippen LogP contribution in [0.15, 0.2) is 55.1 Å². The lowest BCUT2D eigenvalue weighted by Gasteiger charge is -2.00. The van der Waals surface area contributed by atoms with Crippen LogP contribution in [-0.2, 0) is 0 Å². The van der Waals surface area contributed by atoms with Crippen molar-refractivity contribution in [1.29, 1.82) is 0 Å². The summed E-state index contributed by atoms with van der Waals surface area (Å²) in [7, 11) is 0. The minimum atomic E-state index is -0.299. The van der Waals surface area contributed by atoms with Crippen LogP contribution < -0.4 is 0 Å². The molecule has 0 fully saturated rings. The van der Waals surface area contributed by atoms with Gasteiger partial charge in [-0.05, 0) is 36.4 Å². The summed E-state index contributed by atoms with van der Waals surface area (Å²) in [5.41, 5.74) is 4.04. The monoisotopic (exact) mass is 318 g/mol. The average Bonchev–Trinajstić information content (AvgIpc) is 3.32. The Labute approximate surface area is 135 Å². The van der Waals surface area contributed by atoms with E-state index in [-0.39, 0.29) is 5.82 Å². The Morgan fingerprint density at radius 1 is 1.04 bits per heavy atom. The Morgan fingerprint density at radius 3 is 2.88 bits per heavy atom. The van der Waals surface area contributed by atoms with Crippen molar-refractivity contribution in [2.75, 3.05) is 0 Å². The molecule has 0 radical (unpaired) electrons. The third-order valence-electron chi connectivity index (χ3n) is 4.02. The number of nitrogens with one attached hydrogen (secondary N) is 2. The van der Waals surface area contributed by atoms with E-state index in [1.54, 1.807) is 18.6 Å². The van der Waals surface area contributed by atoms with Gasteiger partial charge in [0.05, 0.1) is 22.9 Å². The van der Waals surface area contributed by atoms with E-state index in [1.807, 2.05) is 29.0 Å². The lowest BCUT2D eigenvalue weighted by atomic mass is 10.2. The summed E-state index contributed by atoms with van der Waals surface area (Å²) >= 11 is 0. The smallest absolute Gasteiger partial charge is 0.159 e. The van der Waals surface area contributed by atoms with E-state index in [4.69, 9.17) is 0 Å². The van der Waals surface area contributed by atoms with Gasteiger partial charge in [-0.2, -0.15) is 5.10 Å². The van der Waals surface area contributed by atoms with Gasteiger partial charge in [0.1, 0.15) is 11.5 Å². The zero-order valence-electron chi connectivity index (χ0n) is 12.4. The van der Waals surface area contributed by atoms with Crippen molar-refractivity contribution < 1.29 is 4.39 Å². The largest absolute Gasteiger partial charge is 0.337 e. The zero-order valence-corrected chi connectivity index (χ0v) is 12.4. The van der Waals surface area contributed by atoms with Crippen LogP contribution in [0.4, 0.5) is 4.39 Å². The van der Waals surface area contributed by atoms with Gasteiger partial charge in [0.25, 0.3) is 0 Å². The molecular weight excluding hydrogens is 307 g/mol. The number of aromatic nitrogens is 6. The first-order valence-corrected chi connectivity index (χ1v) is 7.40. The van der Waals surface area contributed by atoms with Crippen LogP contribution in [0.5, 0.6) is 0 Å². The molecule has 6 nitrogen and oxygen atoms in total. The van der Waals surface area contributed by atoms with Crippen LogP contribution in [-0.4, -0.2) is 29.7 Å². The summed E-state index contributed by atoms with van der Waals surface area (Å²) in [6.45, 7) is 0. The van der Waals surface area contributed by atoms with Crippen molar-refractivity contribution >= 4 is 21.9 Å². The highest BCUT2D eigenvalue weighted by Gasteiger charge is 2.13. The SMILES string of the molecule is Fc1ccc2c(-c3nc4ccc(-n5ccnc5)cc4[nH]3)n[nH]c2c1. The second-order valence-corrected chi connectivity index (χ2v) is 5.52. The van der Waals surface area contributed by atoms with E-state index >= 15 is 0 Å². The standard InChI is InChI=1S/C17H11FN6/c18-10-1-3-12-14(7-10)22-23-16(12)17-20-13-4-2-11(8-15(13)21-17)24-6-5-19-9-24/h1-9H,(H,20,21)(H,22,23). The molecule has 0 saturated carbocycles. The van der Waals surface area contributed by atoms with Gasteiger partial charge in [0.2, 0.25) is 0 Å². The molecule has 5 aromatic rings. The second-order valence-electron chi connectivity index (χ2n) is 5.52. The molecule has 0 aliphatic rings. The van der Waals surface area contributed by atoms with Crippen molar-refractivity contribution in [3.63, 3.8) is 0 Å². The number of benzene rings is 2. The lowest BCUT2D eigenvalue weighted by Crippen LogP contribution is -1.88. The molecule has 2 N–H and O–H groups in total. The zero-order chi connectivity index (χ0) is 16.1. The average molecular weight is 318 g/mol. The Bertz CT molecular complexity index is 1170. The summed E-state index contributed by atoms with van der Waals surface area (Å²) in [5.74, 6) is 0.345. The Hall–Kier alpha value is -3.48. The fourth-order valence-electron chi connectivity index (χ4n) is 2.85.